The predicted octanol–water partition coefficient (Wildman–Crippen LogP) is 2.97. The van der Waals surface area contributed by atoms with Gasteiger partial charge in [0.05, 0.1) is 0 Å². The number of hydrogen-bond acceptors (Lipinski definition) is 2. The van der Waals surface area contributed by atoms with Crippen LogP contribution < -0.4 is 4.72 Å². The summed E-state index contributed by atoms with van der Waals surface area (Å²) in [7, 11) is -3.99. The Bertz CT molecular complexity index is 535. The molecule has 0 aliphatic carbocycles. The third kappa shape index (κ3) is 3.86. The van der Waals surface area contributed by atoms with Crippen molar-refractivity contribution in [2.75, 3.05) is 6.54 Å². The van der Waals surface area contributed by atoms with Crippen molar-refractivity contribution in [3.05, 3.63) is 40.4 Å². The first-order valence-corrected chi connectivity index (χ1v) is 7.41. The molecule has 0 aromatic heterocycles. The molecular weight excluding hydrogens is 328 g/mol. The summed E-state index contributed by atoms with van der Waals surface area (Å²) in [5.41, 5.74) is 0. The summed E-state index contributed by atoms with van der Waals surface area (Å²) in [6.07, 6.45) is 4.05. The molecule has 1 aromatic carbocycles. The second-order valence-corrected chi connectivity index (χ2v) is 6.01. The third-order valence-electron chi connectivity index (χ3n) is 2.07. The molecular formula is C11H12BrF2NO2S. The number of hydrogen-bond donors (Lipinski definition) is 1. The van der Waals surface area contributed by atoms with Gasteiger partial charge in [0, 0.05) is 17.1 Å². The van der Waals surface area contributed by atoms with Crippen LogP contribution in [-0.2, 0) is 10.0 Å². The van der Waals surface area contributed by atoms with Crippen LogP contribution in [0.1, 0.15) is 13.3 Å². The molecule has 0 fully saturated rings. The summed E-state index contributed by atoms with van der Waals surface area (Å²) < 4.78 is 52.1. The Morgan fingerprint density at radius 2 is 2.06 bits per heavy atom. The average molecular weight is 340 g/mol. The van der Waals surface area contributed by atoms with Gasteiger partial charge in [0.2, 0.25) is 10.0 Å². The monoisotopic (exact) mass is 339 g/mol. The number of sulfonamides is 1. The van der Waals surface area contributed by atoms with Gasteiger partial charge in [0.25, 0.3) is 0 Å². The predicted molar refractivity (Wildman–Crippen MR) is 68.7 cm³/mol. The zero-order valence-corrected chi connectivity index (χ0v) is 12.0. The number of rotatable bonds is 5. The molecule has 0 amide bonds. The van der Waals surface area contributed by atoms with Gasteiger partial charge in [0.15, 0.2) is 0 Å². The van der Waals surface area contributed by atoms with E-state index in [1.54, 1.807) is 12.2 Å². The van der Waals surface area contributed by atoms with E-state index in [4.69, 9.17) is 0 Å². The minimum Gasteiger partial charge on any atom is -0.211 e. The summed E-state index contributed by atoms with van der Waals surface area (Å²) >= 11 is 2.84. The molecule has 0 bridgehead atoms. The lowest BCUT2D eigenvalue weighted by atomic mass is 10.3. The smallest absolute Gasteiger partial charge is 0.211 e. The normalized spacial score (nSPS) is 12.2. The van der Waals surface area contributed by atoms with Crippen molar-refractivity contribution in [3.63, 3.8) is 0 Å². The zero-order valence-electron chi connectivity index (χ0n) is 9.58. The fourth-order valence-electron chi connectivity index (χ4n) is 1.30. The molecule has 0 unspecified atom stereocenters. The van der Waals surface area contributed by atoms with Crippen LogP contribution >= 0.6 is 15.9 Å². The summed E-state index contributed by atoms with van der Waals surface area (Å²) in [5, 5.41) is 0. The number of allylic oxidation sites excluding steroid dienone is 1. The second-order valence-electron chi connectivity index (χ2n) is 3.45. The van der Waals surface area contributed by atoms with Crippen molar-refractivity contribution in [1.82, 2.24) is 4.72 Å². The Balaban J connectivity index is 2.98. The summed E-state index contributed by atoms with van der Waals surface area (Å²) in [6, 6.07) is 1.44. The summed E-state index contributed by atoms with van der Waals surface area (Å²) in [6.45, 7) is 1.96. The van der Waals surface area contributed by atoms with Crippen LogP contribution in [0, 0.1) is 11.6 Å². The van der Waals surface area contributed by atoms with Gasteiger partial charge in [-0.3, -0.25) is 0 Å². The van der Waals surface area contributed by atoms with E-state index in [1.807, 2.05) is 6.92 Å². The molecule has 0 aliphatic heterocycles. The molecule has 3 nitrogen and oxygen atoms in total. The fraction of sp³-hybridized carbons (Fsp3) is 0.273. The SMILES string of the molecule is C/C=C/CCNS(=O)(=O)c1c(F)cc(F)cc1Br. The topological polar surface area (TPSA) is 46.2 Å². The lowest BCUT2D eigenvalue weighted by molar-refractivity contribution is 0.541. The Labute approximate surface area is 113 Å². The van der Waals surface area contributed by atoms with Gasteiger partial charge in [-0.2, -0.15) is 0 Å². The van der Waals surface area contributed by atoms with E-state index < -0.39 is 26.6 Å². The van der Waals surface area contributed by atoms with Crippen LogP contribution in [0.5, 0.6) is 0 Å². The van der Waals surface area contributed by atoms with Gasteiger partial charge >= 0.3 is 0 Å². The number of benzene rings is 1. The van der Waals surface area contributed by atoms with Crippen molar-refractivity contribution < 1.29 is 17.2 Å². The highest BCUT2D eigenvalue weighted by Gasteiger charge is 2.22. The second kappa shape index (κ2) is 6.40. The standard InChI is InChI=1S/C11H12BrF2NO2S/c1-2-3-4-5-15-18(16,17)11-9(12)6-8(13)7-10(11)14/h2-3,6-7,15H,4-5H2,1H3/b3-2+. The van der Waals surface area contributed by atoms with Crippen LogP contribution in [0.2, 0.25) is 0 Å². The Morgan fingerprint density at radius 3 is 2.61 bits per heavy atom. The number of nitrogens with one attached hydrogen (secondary N) is 1. The first-order valence-electron chi connectivity index (χ1n) is 5.14. The summed E-state index contributed by atoms with van der Waals surface area (Å²) in [5.74, 6) is -1.97. The lowest BCUT2D eigenvalue weighted by Crippen LogP contribution is -2.26. The van der Waals surface area contributed by atoms with Gasteiger partial charge in [-0.05, 0) is 35.3 Å². The lowest BCUT2D eigenvalue weighted by Gasteiger charge is -2.08. The van der Waals surface area contributed by atoms with Crippen LogP contribution in [0.15, 0.2) is 33.7 Å². The van der Waals surface area contributed by atoms with Crippen molar-refractivity contribution >= 4 is 26.0 Å². The zero-order chi connectivity index (χ0) is 13.8. The van der Waals surface area contributed by atoms with E-state index in [1.165, 1.54) is 0 Å². The molecule has 18 heavy (non-hydrogen) atoms. The maximum Gasteiger partial charge on any atom is 0.244 e. The molecule has 1 rings (SSSR count). The quantitative estimate of drug-likeness (QED) is 0.662. The van der Waals surface area contributed by atoms with E-state index in [0.717, 1.165) is 6.07 Å². The maximum absolute atomic E-state index is 13.5. The van der Waals surface area contributed by atoms with E-state index in [0.29, 0.717) is 12.5 Å². The van der Waals surface area contributed by atoms with Crippen LogP contribution in [0.3, 0.4) is 0 Å². The average Bonchev–Trinajstić information content (AvgIpc) is 2.22. The molecule has 0 saturated carbocycles. The largest absolute Gasteiger partial charge is 0.244 e. The molecule has 0 spiro atoms. The van der Waals surface area contributed by atoms with Gasteiger partial charge in [-0.25, -0.2) is 21.9 Å². The fourth-order valence-corrected chi connectivity index (χ4v) is 3.51. The highest BCUT2D eigenvalue weighted by Crippen LogP contribution is 2.25. The van der Waals surface area contributed by atoms with Gasteiger partial charge < -0.3 is 0 Å². The first kappa shape index (κ1) is 15.3. The molecule has 1 aromatic rings. The van der Waals surface area contributed by atoms with E-state index in [2.05, 4.69) is 20.7 Å². The summed E-state index contributed by atoms with van der Waals surface area (Å²) in [4.78, 5) is -0.579. The van der Waals surface area contributed by atoms with Gasteiger partial charge in [0.1, 0.15) is 16.5 Å². The molecule has 100 valence electrons. The van der Waals surface area contributed by atoms with Crippen molar-refractivity contribution in [2.45, 2.75) is 18.2 Å². The number of halogens is 3. The van der Waals surface area contributed by atoms with Crippen LogP contribution in [-0.4, -0.2) is 15.0 Å². The van der Waals surface area contributed by atoms with E-state index in [9.17, 15) is 17.2 Å². The molecule has 0 heterocycles. The molecule has 0 saturated heterocycles. The molecule has 1 N–H and O–H groups in total. The third-order valence-corrected chi connectivity index (χ3v) is 4.49. The molecule has 0 radical (unpaired) electrons. The van der Waals surface area contributed by atoms with Crippen molar-refractivity contribution in [2.24, 2.45) is 0 Å². The van der Waals surface area contributed by atoms with E-state index >= 15 is 0 Å². The van der Waals surface area contributed by atoms with Gasteiger partial charge in [-0.1, -0.05) is 12.2 Å². The molecule has 7 heteroatoms. The van der Waals surface area contributed by atoms with E-state index in [-0.39, 0.29) is 11.0 Å². The Kier molecular flexibility index (Phi) is 5.43. The molecule has 0 atom stereocenters. The first-order chi connectivity index (χ1) is 8.38. The highest BCUT2D eigenvalue weighted by molar-refractivity contribution is 9.10. The van der Waals surface area contributed by atoms with Gasteiger partial charge in [-0.15, -0.1) is 0 Å². The highest BCUT2D eigenvalue weighted by atomic mass is 79.9. The minimum absolute atomic E-state index is 0.140. The van der Waals surface area contributed by atoms with Crippen molar-refractivity contribution in [1.29, 1.82) is 0 Å². The van der Waals surface area contributed by atoms with Crippen LogP contribution in [0.4, 0.5) is 8.78 Å². The Hall–Kier alpha value is -0.790. The molecule has 0 aliphatic rings. The Morgan fingerprint density at radius 1 is 1.39 bits per heavy atom. The van der Waals surface area contributed by atoms with Crippen LogP contribution in [0.25, 0.3) is 0 Å². The maximum atomic E-state index is 13.5. The van der Waals surface area contributed by atoms with Crippen molar-refractivity contribution in [3.8, 4) is 0 Å². The minimum atomic E-state index is -3.99.